The molecule has 0 spiro atoms. The minimum absolute atomic E-state index is 0.153. The second-order valence-corrected chi connectivity index (χ2v) is 16.7. The van der Waals surface area contributed by atoms with Gasteiger partial charge in [0.25, 0.3) is 0 Å². The standard InChI is InChI=1S/C49H33N3S2/c1-49(2)37-21-10-9-20-34(37)35-24-26-40-44(45(35)49)36-25-27-43-47(54-42-23-12-11-22-41(42)53-43)46(36)52(40)33-19-13-18-32(28-33)39-29-38(30-14-5-3-6-15-30)50-48(51-39)31-16-7-4-8-17-31/h3-29H,1-2H3. The van der Waals surface area contributed by atoms with Gasteiger partial charge in [-0.05, 0) is 64.7 Å². The summed E-state index contributed by atoms with van der Waals surface area (Å²) in [6.07, 6.45) is 0. The summed E-state index contributed by atoms with van der Waals surface area (Å²) in [5, 5.41) is 2.63. The third-order valence-corrected chi connectivity index (χ3v) is 13.6. The summed E-state index contributed by atoms with van der Waals surface area (Å²) in [5.74, 6) is 0.716. The molecule has 0 saturated heterocycles. The molecular weight excluding hydrogens is 695 g/mol. The number of nitrogens with zero attached hydrogens (tertiary/aromatic N) is 3. The first-order valence-electron chi connectivity index (χ1n) is 18.3. The normalized spacial score (nSPS) is 13.7. The molecule has 3 nitrogen and oxygen atoms in total. The van der Waals surface area contributed by atoms with Gasteiger partial charge in [0.2, 0.25) is 0 Å². The molecule has 0 N–H and O–H groups in total. The fourth-order valence-corrected chi connectivity index (χ4v) is 11.0. The molecule has 2 aliphatic rings. The van der Waals surface area contributed by atoms with Crippen LogP contribution in [0.1, 0.15) is 25.0 Å². The summed E-state index contributed by atoms with van der Waals surface area (Å²) >= 11 is 3.77. The topological polar surface area (TPSA) is 30.7 Å². The van der Waals surface area contributed by atoms with Crippen molar-refractivity contribution < 1.29 is 0 Å². The van der Waals surface area contributed by atoms with Crippen LogP contribution in [0.25, 0.3) is 72.5 Å². The van der Waals surface area contributed by atoms with Crippen molar-refractivity contribution in [3.05, 3.63) is 175 Å². The van der Waals surface area contributed by atoms with Crippen LogP contribution in [0.2, 0.25) is 0 Å². The smallest absolute Gasteiger partial charge is 0.160 e. The number of hydrogen-bond acceptors (Lipinski definition) is 4. The maximum Gasteiger partial charge on any atom is 0.160 e. The van der Waals surface area contributed by atoms with Gasteiger partial charge in [0.05, 0.1) is 27.3 Å². The number of rotatable bonds is 4. The van der Waals surface area contributed by atoms with E-state index in [0.29, 0.717) is 5.82 Å². The Morgan fingerprint density at radius 3 is 1.98 bits per heavy atom. The summed E-state index contributed by atoms with van der Waals surface area (Å²) in [4.78, 5) is 15.5. The van der Waals surface area contributed by atoms with Crippen LogP contribution in [0.3, 0.4) is 0 Å². The van der Waals surface area contributed by atoms with Gasteiger partial charge in [0.1, 0.15) is 0 Å². The summed E-state index contributed by atoms with van der Waals surface area (Å²) in [6, 6.07) is 58.9. The molecule has 256 valence electrons. The Kier molecular flexibility index (Phi) is 7.07. The van der Waals surface area contributed by atoms with Crippen LogP contribution in [0.4, 0.5) is 0 Å². The molecule has 7 aromatic carbocycles. The Labute approximate surface area is 322 Å². The number of aromatic nitrogens is 3. The highest BCUT2D eigenvalue weighted by Gasteiger charge is 2.38. The van der Waals surface area contributed by atoms with E-state index in [4.69, 9.17) is 9.97 Å². The summed E-state index contributed by atoms with van der Waals surface area (Å²) in [6.45, 7) is 4.79. The van der Waals surface area contributed by atoms with Gasteiger partial charge >= 0.3 is 0 Å². The van der Waals surface area contributed by atoms with Crippen molar-refractivity contribution in [1.29, 1.82) is 0 Å². The molecule has 0 radical (unpaired) electrons. The van der Waals surface area contributed by atoms with Crippen LogP contribution in [0.5, 0.6) is 0 Å². The molecule has 1 aliphatic carbocycles. The van der Waals surface area contributed by atoms with Crippen LogP contribution >= 0.6 is 23.5 Å². The SMILES string of the molecule is CC1(C)c2ccccc2-c2ccc3c(c21)c1ccc2c(c1n3-c1cccc(-c3cc(-c4ccccc4)nc(-c4ccccc4)n3)c1)Sc1ccccc1S2. The first-order chi connectivity index (χ1) is 26.5. The number of fused-ring (bicyclic) bond motifs is 10. The molecule has 0 unspecified atom stereocenters. The van der Waals surface area contributed by atoms with E-state index in [1.807, 2.05) is 47.8 Å². The highest BCUT2D eigenvalue weighted by molar-refractivity contribution is 8.05. The van der Waals surface area contributed by atoms with E-state index in [1.54, 1.807) is 0 Å². The number of hydrogen-bond donors (Lipinski definition) is 0. The minimum atomic E-state index is -0.153. The summed E-state index contributed by atoms with van der Waals surface area (Å²) in [7, 11) is 0. The molecule has 0 atom stereocenters. The third kappa shape index (κ3) is 4.78. The van der Waals surface area contributed by atoms with Crippen LogP contribution < -0.4 is 0 Å². The molecule has 5 heteroatoms. The highest BCUT2D eigenvalue weighted by Crippen LogP contribution is 2.56. The second kappa shape index (κ2) is 12.1. The van der Waals surface area contributed by atoms with Crippen LogP contribution in [-0.4, -0.2) is 14.5 Å². The van der Waals surface area contributed by atoms with E-state index in [0.717, 1.165) is 33.8 Å². The molecule has 3 heterocycles. The first kappa shape index (κ1) is 31.6. The molecule has 0 bridgehead atoms. The van der Waals surface area contributed by atoms with E-state index < -0.39 is 0 Å². The average Bonchev–Trinajstić information content (AvgIpc) is 3.69. The van der Waals surface area contributed by atoms with Gasteiger partial charge in [-0.3, -0.25) is 0 Å². The Balaban J connectivity index is 1.18. The molecule has 0 fully saturated rings. The lowest BCUT2D eigenvalue weighted by Crippen LogP contribution is -2.15. The first-order valence-corrected chi connectivity index (χ1v) is 20.0. The maximum atomic E-state index is 5.20. The fraction of sp³-hybridized carbons (Fsp3) is 0.0612. The minimum Gasteiger partial charge on any atom is -0.308 e. The van der Waals surface area contributed by atoms with Crippen molar-refractivity contribution in [3.8, 4) is 50.7 Å². The summed E-state index contributed by atoms with van der Waals surface area (Å²) < 4.78 is 2.52. The lowest BCUT2D eigenvalue weighted by molar-refractivity contribution is 0.666. The van der Waals surface area contributed by atoms with E-state index in [-0.39, 0.29) is 5.41 Å². The van der Waals surface area contributed by atoms with Gasteiger partial charge in [-0.15, -0.1) is 0 Å². The van der Waals surface area contributed by atoms with Crippen molar-refractivity contribution in [1.82, 2.24) is 14.5 Å². The van der Waals surface area contributed by atoms with E-state index in [1.165, 1.54) is 63.6 Å². The maximum absolute atomic E-state index is 5.20. The van der Waals surface area contributed by atoms with Crippen molar-refractivity contribution in [2.45, 2.75) is 38.8 Å². The van der Waals surface area contributed by atoms with Crippen LogP contribution in [0, 0.1) is 0 Å². The van der Waals surface area contributed by atoms with Gasteiger partial charge < -0.3 is 4.57 Å². The lowest BCUT2D eigenvalue weighted by atomic mass is 9.80. The van der Waals surface area contributed by atoms with E-state index in [2.05, 4.69) is 158 Å². The van der Waals surface area contributed by atoms with Gasteiger partial charge in [-0.2, -0.15) is 0 Å². The zero-order valence-electron chi connectivity index (χ0n) is 29.7. The van der Waals surface area contributed by atoms with Crippen LogP contribution in [0.15, 0.2) is 183 Å². The molecule has 0 amide bonds. The zero-order valence-corrected chi connectivity index (χ0v) is 31.4. The van der Waals surface area contributed by atoms with Crippen molar-refractivity contribution in [3.63, 3.8) is 0 Å². The van der Waals surface area contributed by atoms with E-state index in [9.17, 15) is 0 Å². The largest absolute Gasteiger partial charge is 0.308 e. The molecular formula is C49H33N3S2. The molecule has 11 rings (SSSR count). The van der Waals surface area contributed by atoms with Crippen LogP contribution in [-0.2, 0) is 5.41 Å². The molecule has 2 aromatic heterocycles. The predicted octanol–water partition coefficient (Wildman–Crippen LogP) is 13.5. The highest BCUT2D eigenvalue weighted by atomic mass is 32.2. The van der Waals surface area contributed by atoms with Gasteiger partial charge in [-0.25, -0.2) is 9.97 Å². The second-order valence-electron chi connectivity index (χ2n) is 14.6. The van der Waals surface area contributed by atoms with Gasteiger partial charge in [0.15, 0.2) is 5.82 Å². The number of benzene rings is 7. The lowest BCUT2D eigenvalue weighted by Gasteiger charge is -2.22. The Morgan fingerprint density at radius 2 is 1.19 bits per heavy atom. The molecule has 1 aliphatic heterocycles. The quantitative estimate of drug-likeness (QED) is 0.181. The zero-order chi connectivity index (χ0) is 36.0. The van der Waals surface area contributed by atoms with Crippen molar-refractivity contribution >= 4 is 45.3 Å². The van der Waals surface area contributed by atoms with E-state index >= 15 is 0 Å². The third-order valence-electron chi connectivity index (χ3n) is 11.0. The van der Waals surface area contributed by atoms with Crippen molar-refractivity contribution in [2.75, 3.05) is 0 Å². The Hall–Kier alpha value is -5.88. The average molecular weight is 728 g/mol. The fourth-order valence-electron chi connectivity index (χ4n) is 8.59. The van der Waals surface area contributed by atoms with Gasteiger partial charge in [-0.1, -0.05) is 159 Å². The molecule has 0 saturated carbocycles. The Morgan fingerprint density at radius 1 is 0.519 bits per heavy atom. The monoisotopic (exact) mass is 727 g/mol. The summed E-state index contributed by atoms with van der Waals surface area (Å²) in [5.41, 5.74) is 13.8. The van der Waals surface area contributed by atoms with Gasteiger partial charge in [0, 0.05) is 53.3 Å². The molecule has 54 heavy (non-hydrogen) atoms. The van der Waals surface area contributed by atoms with Crippen molar-refractivity contribution in [2.24, 2.45) is 0 Å². The molecule has 9 aromatic rings. The predicted molar refractivity (Wildman–Crippen MR) is 225 cm³/mol. The Bertz CT molecular complexity index is 2910.